The van der Waals surface area contributed by atoms with Gasteiger partial charge in [-0.05, 0) is 27.2 Å². The van der Waals surface area contributed by atoms with Gasteiger partial charge in [0.1, 0.15) is 0 Å². The monoisotopic (exact) mass is 245 g/mol. The van der Waals surface area contributed by atoms with Gasteiger partial charge in [0.25, 0.3) is 0 Å². The molecule has 1 aliphatic heterocycles. The minimum Gasteiger partial charge on any atom is -0.391 e. The van der Waals surface area contributed by atoms with Crippen LogP contribution in [0.5, 0.6) is 0 Å². The van der Waals surface area contributed by atoms with E-state index < -0.39 is 6.10 Å². The third kappa shape index (κ3) is 3.65. The Labute approximate surface area is 104 Å². The molecule has 4 heteroatoms. The summed E-state index contributed by atoms with van der Waals surface area (Å²) in [4.78, 5) is 0. The van der Waals surface area contributed by atoms with Gasteiger partial charge in [0.2, 0.25) is 0 Å². The molecule has 0 aliphatic carbocycles. The molecule has 1 heterocycles. The molecule has 3 N–H and O–H groups in total. The molecule has 1 rings (SSSR count). The molecule has 4 nitrogen and oxygen atoms in total. The zero-order chi connectivity index (χ0) is 13.1. The molecule has 1 aliphatic rings. The van der Waals surface area contributed by atoms with Crippen molar-refractivity contribution in [3.05, 3.63) is 0 Å². The van der Waals surface area contributed by atoms with Gasteiger partial charge in [0.15, 0.2) is 0 Å². The molecule has 0 saturated carbocycles. The summed E-state index contributed by atoms with van der Waals surface area (Å²) < 4.78 is 11.8. The van der Waals surface area contributed by atoms with Crippen LogP contribution in [0, 0.1) is 0 Å². The molecule has 1 saturated heterocycles. The summed E-state index contributed by atoms with van der Waals surface area (Å²) in [5.74, 6) is 0. The van der Waals surface area contributed by atoms with E-state index in [-0.39, 0.29) is 17.3 Å². The largest absolute Gasteiger partial charge is 0.391 e. The minimum absolute atomic E-state index is 0.157. The van der Waals surface area contributed by atoms with E-state index in [1.54, 1.807) is 6.92 Å². The van der Waals surface area contributed by atoms with Gasteiger partial charge in [0.05, 0.1) is 30.0 Å². The van der Waals surface area contributed by atoms with Crippen molar-refractivity contribution >= 4 is 0 Å². The quantitative estimate of drug-likeness (QED) is 0.769. The second-order valence-corrected chi connectivity index (χ2v) is 5.53. The maximum atomic E-state index is 9.55. The second kappa shape index (κ2) is 5.65. The number of hydrogen-bond donors (Lipinski definition) is 2. The van der Waals surface area contributed by atoms with E-state index in [9.17, 15) is 5.11 Å². The summed E-state index contributed by atoms with van der Waals surface area (Å²) in [6.45, 7) is 9.00. The molecule has 0 amide bonds. The van der Waals surface area contributed by atoms with E-state index >= 15 is 0 Å². The van der Waals surface area contributed by atoms with Crippen molar-refractivity contribution in [1.29, 1.82) is 0 Å². The van der Waals surface area contributed by atoms with Crippen LogP contribution >= 0.6 is 0 Å². The van der Waals surface area contributed by atoms with Gasteiger partial charge in [-0.3, -0.25) is 0 Å². The number of aliphatic hydroxyl groups is 1. The molecule has 0 spiro atoms. The van der Waals surface area contributed by atoms with Crippen LogP contribution in [0.2, 0.25) is 0 Å². The maximum Gasteiger partial charge on any atom is 0.0858 e. The fourth-order valence-electron chi connectivity index (χ4n) is 2.35. The van der Waals surface area contributed by atoms with Crippen molar-refractivity contribution in [2.75, 3.05) is 13.2 Å². The van der Waals surface area contributed by atoms with Crippen LogP contribution < -0.4 is 5.73 Å². The minimum atomic E-state index is -0.478. The van der Waals surface area contributed by atoms with Crippen molar-refractivity contribution in [2.45, 2.75) is 70.4 Å². The molecule has 4 atom stereocenters. The van der Waals surface area contributed by atoms with Gasteiger partial charge in [-0.15, -0.1) is 0 Å². The van der Waals surface area contributed by atoms with Gasteiger partial charge in [-0.1, -0.05) is 6.92 Å². The zero-order valence-electron chi connectivity index (χ0n) is 11.5. The predicted molar refractivity (Wildman–Crippen MR) is 67.9 cm³/mol. The standard InChI is InChI=1S/C13H27NO3/c1-5-12(4)8-13(9-14,6-7-16-12)17-11(3)10(2)15/h10-11,15H,5-9,14H2,1-4H3. The van der Waals surface area contributed by atoms with E-state index in [4.69, 9.17) is 15.2 Å². The van der Waals surface area contributed by atoms with Crippen LogP contribution in [-0.4, -0.2) is 41.7 Å². The fourth-order valence-corrected chi connectivity index (χ4v) is 2.35. The number of hydrogen-bond acceptors (Lipinski definition) is 4. The van der Waals surface area contributed by atoms with E-state index in [0.29, 0.717) is 13.2 Å². The van der Waals surface area contributed by atoms with Crippen LogP contribution in [0.4, 0.5) is 0 Å². The molecule has 4 unspecified atom stereocenters. The molecule has 0 aromatic carbocycles. The van der Waals surface area contributed by atoms with Gasteiger partial charge in [0, 0.05) is 19.4 Å². The number of aliphatic hydroxyl groups excluding tert-OH is 1. The predicted octanol–water partition coefficient (Wildman–Crippen LogP) is 1.45. The van der Waals surface area contributed by atoms with Gasteiger partial charge >= 0.3 is 0 Å². The summed E-state index contributed by atoms with van der Waals surface area (Å²) in [6, 6.07) is 0. The highest BCUT2D eigenvalue weighted by molar-refractivity contribution is 4.95. The summed E-state index contributed by atoms with van der Waals surface area (Å²) >= 11 is 0. The van der Waals surface area contributed by atoms with Crippen molar-refractivity contribution in [3.8, 4) is 0 Å². The highest BCUT2D eigenvalue weighted by Gasteiger charge is 2.43. The lowest BCUT2D eigenvalue weighted by Gasteiger charge is -2.46. The molecule has 17 heavy (non-hydrogen) atoms. The summed E-state index contributed by atoms with van der Waals surface area (Å²) in [6.07, 6.45) is 1.87. The fraction of sp³-hybridized carbons (Fsp3) is 1.00. The Balaban J connectivity index is 2.74. The van der Waals surface area contributed by atoms with Crippen LogP contribution in [0.25, 0.3) is 0 Å². The molecule has 0 aromatic heterocycles. The summed E-state index contributed by atoms with van der Waals surface area (Å²) in [7, 11) is 0. The number of rotatable bonds is 5. The lowest BCUT2D eigenvalue weighted by molar-refractivity contribution is -0.201. The Hall–Kier alpha value is -0.160. The second-order valence-electron chi connectivity index (χ2n) is 5.53. The number of ether oxygens (including phenoxy) is 2. The Bertz CT molecular complexity index is 247. The molecule has 0 aromatic rings. The van der Waals surface area contributed by atoms with Crippen LogP contribution in [0.1, 0.15) is 47.0 Å². The number of nitrogens with two attached hydrogens (primary N) is 1. The molecular weight excluding hydrogens is 218 g/mol. The van der Waals surface area contributed by atoms with E-state index in [2.05, 4.69) is 13.8 Å². The lowest BCUT2D eigenvalue weighted by atomic mass is 9.81. The van der Waals surface area contributed by atoms with Crippen LogP contribution in [0.3, 0.4) is 0 Å². The van der Waals surface area contributed by atoms with Crippen LogP contribution in [-0.2, 0) is 9.47 Å². The van der Waals surface area contributed by atoms with E-state index in [1.165, 1.54) is 0 Å². The maximum absolute atomic E-state index is 9.55. The normalized spacial score (nSPS) is 37.8. The van der Waals surface area contributed by atoms with E-state index in [0.717, 1.165) is 19.3 Å². The highest BCUT2D eigenvalue weighted by atomic mass is 16.5. The Morgan fingerprint density at radius 1 is 1.47 bits per heavy atom. The Morgan fingerprint density at radius 2 is 2.12 bits per heavy atom. The average Bonchev–Trinajstić information content (AvgIpc) is 2.29. The lowest BCUT2D eigenvalue weighted by Crippen LogP contribution is -2.54. The third-order valence-electron chi connectivity index (χ3n) is 3.94. The Kier molecular flexibility index (Phi) is 4.95. The van der Waals surface area contributed by atoms with Gasteiger partial charge in [-0.25, -0.2) is 0 Å². The molecule has 1 fully saturated rings. The summed E-state index contributed by atoms with van der Waals surface area (Å²) in [5, 5.41) is 9.55. The first-order valence-corrected chi connectivity index (χ1v) is 6.56. The smallest absolute Gasteiger partial charge is 0.0858 e. The van der Waals surface area contributed by atoms with Gasteiger partial charge < -0.3 is 20.3 Å². The SMILES string of the molecule is CCC1(C)CC(CN)(OC(C)C(C)O)CCO1. The van der Waals surface area contributed by atoms with Crippen molar-refractivity contribution in [1.82, 2.24) is 0 Å². The first-order chi connectivity index (χ1) is 7.86. The highest BCUT2D eigenvalue weighted by Crippen LogP contribution is 2.37. The summed E-state index contributed by atoms with van der Waals surface area (Å²) in [5.41, 5.74) is 5.40. The van der Waals surface area contributed by atoms with Crippen molar-refractivity contribution in [2.24, 2.45) is 5.73 Å². The zero-order valence-corrected chi connectivity index (χ0v) is 11.5. The molecule has 0 radical (unpaired) electrons. The molecule has 102 valence electrons. The van der Waals surface area contributed by atoms with E-state index in [1.807, 2.05) is 6.92 Å². The van der Waals surface area contributed by atoms with Crippen molar-refractivity contribution < 1.29 is 14.6 Å². The topological polar surface area (TPSA) is 64.7 Å². The molecular formula is C13H27NO3. The Morgan fingerprint density at radius 3 is 2.59 bits per heavy atom. The molecule has 0 bridgehead atoms. The van der Waals surface area contributed by atoms with Crippen LogP contribution in [0.15, 0.2) is 0 Å². The third-order valence-corrected chi connectivity index (χ3v) is 3.94. The first-order valence-electron chi connectivity index (χ1n) is 6.56. The average molecular weight is 245 g/mol. The van der Waals surface area contributed by atoms with Crippen molar-refractivity contribution in [3.63, 3.8) is 0 Å². The van der Waals surface area contributed by atoms with Gasteiger partial charge in [-0.2, -0.15) is 0 Å². The first kappa shape index (κ1) is 14.9.